The summed E-state index contributed by atoms with van der Waals surface area (Å²) in [5.74, 6) is -2.02. The van der Waals surface area contributed by atoms with Crippen molar-refractivity contribution >= 4 is 26.7 Å². The molecule has 0 aromatic heterocycles. The minimum Gasteiger partial charge on any atom is -0.489 e. The second-order valence-corrected chi connectivity index (χ2v) is 8.78. The summed E-state index contributed by atoms with van der Waals surface area (Å²) in [6, 6.07) is 7.21. The third-order valence-electron chi connectivity index (χ3n) is 4.34. The Morgan fingerprint density at radius 1 is 1.26 bits per heavy atom. The third kappa shape index (κ3) is 3.58. The van der Waals surface area contributed by atoms with Crippen molar-refractivity contribution in [3.8, 4) is 11.8 Å². The summed E-state index contributed by atoms with van der Waals surface area (Å²) >= 11 is 3.38. The molecular formula is C16H16BrF2NO2S. The molecule has 0 saturated heterocycles. The van der Waals surface area contributed by atoms with Gasteiger partial charge in [-0.3, -0.25) is 4.21 Å². The van der Waals surface area contributed by atoms with E-state index in [-0.39, 0.29) is 18.9 Å². The molecule has 1 atom stereocenters. The summed E-state index contributed by atoms with van der Waals surface area (Å²) in [7, 11) is -1.36. The molecule has 3 nitrogen and oxygen atoms in total. The van der Waals surface area contributed by atoms with Crippen LogP contribution in [0.4, 0.5) is 8.78 Å². The van der Waals surface area contributed by atoms with Crippen LogP contribution in [0.5, 0.6) is 5.75 Å². The molecule has 7 heteroatoms. The van der Waals surface area contributed by atoms with Crippen LogP contribution in [0, 0.1) is 11.3 Å². The minimum atomic E-state index is -2.58. The summed E-state index contributed by atoms with van der Waals surface area (Å²) in [5, 5.41) is 9.13. The van der Waals surface area contributed by atoms with Gasteiger partial charge in [-0.2, -0.15) is 5.26 Å². The quantitative estimate of drug-likeness (QED) is 0.739. The molecule has 0 N–H and O–H groups in total. The van der Waals surface area contributed by atoms with Crippen LogP contribution in [0.1, 0.15) is 38.5 Å². The maximum atomic E-state index is 13.2. The first kappa shape index (κ1) is 16.8. The van der Waals surface area contributed by atoms with Crippen molar-refractivity contribution in [3.63, 3.8) is 0 Å². The predicted octanol–water partition coefficient (Wildman–Crippen LogP) is 4.57. The molecule has 124 valence electrons. The lowest BCUT2D eigenvalue weighted by Gasteiger charge is -2.29. The number of halogens is 3. The van der Waals surface area contributed by atoms with Crippen LogP contribution in [0.15, 0.2) is 27.6 Å². The summed E-state index contributed by atoms with van der Waals surface area (Å²) < 4.78 is 44.4. The second kappa shape index (κ2) is 6.14. The predicted molar refractivity (Wildman–Crippen MR) is 86.0 cm³/mol. The van der Waals surface area contributed by atoms with Crippen LogP contribution in [0.3, 0.4) is 0 Å². The first-order valence-corrected chi connectivity index (χ1v) is 9.47. The zero-order valence-corrected chi connectivity index (χ0v) is 14.8. The van der Waals surface area contributed by atoms with Crippen molar-refractivity contribution in [2.75, 3.05) is 0 Å². The molecule has 0 aliphatic heterocycles. The van der Waals surface area contributed by atoms with E-state index >= 15 is 0 Å². The molecule has 2 aliphatic rings. The van der Waals surface area contributed by atoms with Crippen molar-refractivity contribution in [1.82, 2.24) is 0 Å². The lowest BCUT2D eigenvalue weighted by atomic mass is 9.94. The van der Waals surface area contributed by atoms with Gasteiger partial charge in [0.25, 0.3) is 0 Å². The van der Waals surface area contributed by atoms with Crippen LogP contribution >= 0.6 is 15.9 Å². The summed E-state index contributed by atoms with van der Waals surface area (Å²) in [4.78, 5) is 0.582. The zero-order valence-electron chi connectivity index (χ0n) is 12.4. The minimum absolute atomic E-state index is 0.151. The van der Waals surface area contributed by atoms with Gasteiger partial charge in [0.2, 0.25) is 5.92 Å². The van der Waals surface area contributed by atoms with Gasteiger partial charge < -0.3 is 4.74 Å². The molecule has 1 aromatic carbocycles. The summed E-state index contributed by atoms with van der Waals surface area (Å²) in [6.07, 6.45) is 1.43. The molecule has 0 bridgehead atoms. The molecule has 0 spiro atoms. The number of benzene rings is 1. The molecule has 1 aromatic rings. The molecule has 0 heterocycles. The fourth-order valence-electron chi connectivity index (χ4n) is 2.68. The maximum Gasteiger partial charge on any atom is 0.248 e. The van der Waals surface area contributed by atoms with Crippen LogP contribution in [0.2, 0.25) is 0 Å². The highest BCUT2D eigenvalue weighted by atomic mass is 79.9. The summed E-state index contributed by atoms with van der Waals surface area (Å²) in [5.41, 5.74) is 0. The van der Waals surface area contributed by atoms with E-state index in [1.165, 1.54) is 0 Å². The Labute approximate surface area is 144 Å². The second-order valence-electron chi connectivity index (χ2n) is 6.14. The van der Waals surface area contributed by atoms with Crippen LogP contribution < -0.4 is 4.74 Å². The average molecular weight is 404 g/mol. The van der Waals surface area contributed by atoms with Crippen molar-refractivity contribution in [3.05, 3.63) is 22.7 Å². The first-order valence-electron chi connectivity index (χ1n) is 7.52. The SMILES string of the molecule is N#CC1(S(=O)c2ccc(OC3CCC(F)(F)CC3)c(Br)c2)CC1. The number of rotatable bonds is 4. The van der Waals surface area contributed by atoms with Crippen molar-refractivity contribution < 1.29 is 17.7 Å². The van der Waals surface area contributed by atoms with E-state index in [0.717, 1.165) is 0 Å². The van der Waals surface area contributed by atoms with Gasteiger partial charge >= 0.3 is 0 Å². The Morgan fingerprint density at radius 2 is 1.91 bits per heavy atom. The van der Waals surface area contributed by atoms with Crippen molar-refractivity contribution in [2.24, 2.45) is 0 Å². The smallest absolute Gasteiger partial charge is 0.248 e. The lowest BCUT2D eigenvalue weighted by Crippen LogP contribution is -2.30. The Balaban J connectivity index is 1.69. The van der Waals surface area contributed by atoms with Gasteiger partial charge in [0.05, 0.1) is 27.4 Å². The van der Waals surface area contributed by atoms with Crippen molar-refractivity contribution in [1.29, 1.82) is 5.26 Å². The van der Waals surface area contributed by atoms with E-state index in [1.807, 2.05) is 0 Å². The van der Waals surface area contributed by atoms with Gasteiger partial charge in [-0.05, 0) is 59.8 Å². The number of alkyl halides is 2. The largest absolute Gasteiger partial charge is 0.489 e. The van der Waals surface area contributed by atoms with Gasteiger partial charge in [-0.15, -0.1) is 0 Å². The Morgan fingerprint density at radius 3 is 2.43 bits per heavy atom. The fourth-order valence-corrected chi connectivity index (χ4v) is 4.73. The van der Waals surface area contributed by atoms with Gasteiger partial charge in [0, 0.05) is 17.7 Å². The molecule has 3 rings (SSSR count). The highest BCUT2D eigenvalue weighted by Gasteiger charge is 2.50. The average Bonchev–Trinajstić information content (AvgIpc) is 3.31. The topological polar surface area (TPSA) is 50.1 Å². The molecule has 0 amide bonds. The molecule has 23 heavy (non-hydrogen) atoms. The van der Waals surface area contributed by atoms with E-state index in [0.29, 0.717) is 40.8 Å². The first-order chi connectivity index (χ1) is 10.9. The van der Waals surface area contributed by atoms with Crippen LogP contribution in [-0.4, -0.2) is 21.0 Å². The van der Waals surface area contributed by atoms with Crippen LogP contribution in [0.25, 0.3) is 0 Å². The van der Waals surface area contributed by atoms with Crippen molar-refractivity contribution in [2.45, 2.75) is 60.2 Å². The summed E-state index contributed by atoms with van der Waals surface area (Å²) in [6.45, 7) is 0. The number of hydrogen-bond donors (Lipinski definition) is 0. The standard InChI is InChI=1S/C16H16BrF2NO2S/c17-13-9-12(23(21)15(10-20)7-8-15)1-2-14(13)22-11-3-5-16(18,19)6-4-11/h1-2,9,11H,3-8H2. The van der Waals surface area contributed by atoms with Crippen LogP contribution in [-0.2, 0) is 10.8 Å². The molecule has 2 saturated carbocycles. The number of nitriles is 1. The van der Waals surface area contributed by atoms with Gasteiger partial charge in [0.1, 0.15) is 10.5 Å². The van der Waals surface area contributed by atoms with E-state index in [9.17, 15) is 13.0 Å². The molecular weight excluding hydrogens is 388 g/mol. The van der Waals surface area contributed by atoms with Gasteiger partial charge in [0.15, 0.2) is 0 Å². The molecule has 1 unspecified atom stereocenters. The third-order valence-corrected chi connectivity index (χ3v) is 6.85. The highest BCUT2D eigenvalue weighted by Crippen LogP contribution is 2.44. The maximum absolute atomic E-state index is 13.2. The lowest BCUT2D eigenvalue weighted by molar-refractivity contribution is -0.0583. The molecule has 2 aliphatic carbocycles. The van der Waals surface area contributed by atoms with E-state index < -0.39 is 21.5 Å². The number of hydrogen-bond acceptors (Lipinski definition) is 3. The van der Waals surface area contributed by atoms with Gasteiger partial charge in [-0.1, -0.05) is 0 Å². The number of ether oxygens (including phenoxy) is 1. The zero-order chi connectivity index (χ0) is 16.7. The molecule has 0 radical (unpaired) electrons. The molecule has 2 fully saturated rings. The Kier molecular flexibility index (Phi) is 4.49. The highest BCUT2D eigenvalue weighted by molar-refractivity contribution is 9.10. The monoisotopic (exact) mass is 403 g/mol. The normalized spacial score (nSPS) is 23.7. The Hall–Kier alpha value is -1.00. The Bertz CT molecular complexity index is 675. The number of nitrogens with zero attached hydrogens (tertiary/aromatic N) is 1. The fraction of sp³-hybridized carbons (Fsp3) is 0.562. The van der Waals surface area contributed by atoms with E-state index in [4.69, 9.17) is 10.00 Å². The van der Waals surface area contributed by atoms with E-state index in [2.05, 4.69) is 22.0 Å². The van der Waals surface area contributed by atoms with E-state index in [1.54, 1.807) is 18.2 Å². The van der Waals surface area contributed by atoms with Gasteiger partial charge in [-0.25, -0.2) is 8.78 Å².